The van der Waals surface area contributed by atoms with Crippen LogP contribution in [0.1, 0.15) is 43.0 Å². The van der Waals surface area contributed by atoms with Crippen LogP contribution in [0.2, 0.25) is 0 Å². The van der Waals surface area contributed by atoms with Gasteiger partial charge in [-0.25, -0.2) is 10.2 Å². The summed E-state index contributed by atoms with van der Waals surface area (Å²) in [6, 6.07) is 11.9. The van der Waals surface area contributed by atoms with E-state index < -0.39 is 6.09 Å². The largest absolute Gasteiger partial charge is 0.414 e. The van der Waals surface area contributed by atoms with Crippen molar-refractivity contribution in [2.24, 2.45) is 5.92 Å². The van der Waals surface area contributed by atoms with E-state index in [2.05, 4.69) is 69.2 Å². The number of benzene rings is 2. The highest BCUT2D eigenvalue weighted by atomic mass is 16.6. The fourth-order valence-electron chi connectivity index (χ4n) is 5.13. The number of carbonyl (C=O) groups excluding carboxylic acids is 2. The zero-order chi connectivity index (χ0) is 29.3. The molecule has 0 radical (unpaired) electrons. The quantitative estimate of drug-likeness (QED) is 0.400. The lowest BCUT2D eigenvalue weighted by atomic mass is 9.94. The van der Waals surface area contributed by atoms with Crippen LogP contribution in [-0.2, 0) is 0 Å². The zero-order valence-electron chi connectivity index (χ0n) is 24.6. The van der Waals surface area contributed by atoms with Crippen LogP contribution in [0.5, 0.6) is 5.75 Å². The van der Waals surface area contributed by atoms with E-state index in [-0.39, 0.29) is 23.7 Å². The van der Waals surface area contributed by atoms with Crippen molar-refractivity contribution in [3.05, 3.63) is 47.8 Å². The Morgan fingerprint density at radius 1 is 1.07 bits per heavy atom. The molecule has 2 aliphatic heterocycles. The average Bonchev–Trinajstić information content (AvgIpc) is 3.58. The van der Waals surface area contributed by atoms with Crippen LogP contribution < -0.4 is 25.8 Å². The van der Waals surface area contributed by atoms with Gasteiger partial charge in [0.05, 0.1) is 17.3 Å². The Morgan fingerprint density at radius 2 is 1.76 bits per heavy atom. The number of hydrazine groups is 1. The first-order valence-electron chi connectivity index (χ1n) is 14.0. The molecule has 0 aliphatic carbocycles. The van der Waals surface area contributed by atoms with Gasteiger partial charge >= 0.3 is 6.09 Å². The first-order chi connectivity index (χ1) is 19.7. The van der Waals surface area contributed by atoms with Crippen LogP contribution in [-0.4, -0.2) is 90.4 Å². The number of nitrogens with one attached hydrogen (secondary N) is 3. The van der Waals surface area contributed by atoms with E-state index in [9.17, 15) is 9.59 Å². The lowest BCUT2D eigenvalue weighted by molar-refractivity contribution is 0.0943. The number of amides is 2. The highest BCUT2D eigenvalue weighted by Gasteiger charge is 2.30. The molecule has 3 heterocycles. The Balaban J connectivity index is 1.63. The SMILES string of the molecule is CCNC(=O)c1nnc(-c2cc3c(cc2OC(=O)N(C)C)NNC3C(C)C)n1-c1ccc(N2CCN(C)CC2)cc1. The summed E-state index contributed by atoms with van der Waals surface area (Å²) in [6.45, 7) is 10.5. The average molecular weight is 562 g/mol. The van der Waals surface area contributed by atoms with E-state index in [4.69, 9.17) is 4.74 Å². The molecule has 2 aliphatic rings. The van der Waals surface area contributed by atoms with Gasteiger partial charge in [-0.3, -0.25) is 9.36 Å². The van der Waals surface area contributed by atoms with Crippen LogP contribution >= 0.6 is 0 Å². The van der Waals surface area contributed by atoms with Crippen molar-refractivity contribution >= 4 is 23.4 Å². The Kier molecular flexibility index (Phi) is 8.13. The molecule has 1 aromatic heterocycles. The lowest BCUT2D eigenvalue weighted by Crippen LogP contribution is -2.44. The molecule has 0 bridgehead atoms. The number of piperazine rings is 1. The van der Waals surface area contributed by atoms with Crippen LogP contribution in [0, 0.1) is 5.92 Å². The van der Waals surface area contributed by atoms with Gasteiger partial charge in [-0.2, -0.15) is 0 Å². The highest BCUT2D eigenvalue weighted by Crippen LogP contribution is 2.42. The summed E-state index contributed by atoms with van der Waals surface area (Å²) in [4.78, 5) is 31.9. The molecule has 1 fully saturated rings. The van der Waals surface area contributed by atoms with Crippen molar-refractivity contribution in [2.75, 3.05) is 64.2 Å². The molecule has 0 saturated carbocycles. The molecule has 12 nitrogen and oxygen atoms in total. The van der Waals surface area contributed by atoms with Gasteiger partial charge in [0.25, 0.3) is 5.91 Å². The predicted molar refractivity (Wildman–Crippen MR) is 159 cm³/mol. The molecule has 218 valence electrons. The topological polar surface area (TPSA) is 120 Å². The summed E-state index contributed by atoms with van der Waals surface area (Å²) in [5.41, 5.74) is 10.8. The summed E-state index contributed by atoms with van der Waals surface area (Å²) in [7, 11) is 5.39. The van der Waals surface area contributed by atoms with Crippen molar-refractivity contribution < 1.29 is 14.3 Å². The Hall–Kier alpha value is -4.16. The summed E-state index contributed by atoms with van der Waals surface area (Å²) in [5.74, 6) is 0.809. The molecule has 0 spiro atoms. The standard InChI is InChI=1S/C29H39N9O3/c1-7-30-28(39)27-34-33-26(38(27)20-10-8-19(9-11-20)37-14-12-36(6)13-15-37)22-16-21-23(31-32-25(21)18(2)3)17-24(22)41-29(40)35(4)5/h8-11,16-18,25,31-32H,7,12-15H2,1-6H3,(H,30,39). The second-order valence-corrected chi connectivity index (χ2v) is 11.0. The van der Waals surface area contributed by atoms with Crippen LogP contribution in [0.3, 0.4) is 0 Å². The number of rotatable bonds is 7. The minimum Gasteiger partial charge on any atom is -0.409 e. The number of ether oxygens (including phenoxy) is 1. The fourth-order valence-corrected chi connectivity index (χ4v) is 5.13. The maximum atomic E-state index is 13.1. The molecule has 2 aromatic carbocycles. The Labute approximate surface area is 240 Å². The van der Waals surface area contributed by atoms with Gasteiger partial charge in [-0.05, 0) is 55.8 Å². The first-order valence-corrected chi connectivity index (χ1v) is 14.0. The van der Waals surface area contributed by atoms with E-state index in [0.717, 1.165) is 48.8 Å². The molecular formula is C29H39N9O3. The van der Waals surface area contributed by atoms with Crippen LogP contribution in [0.15, 0.2) is 36.4 Å². The van der Waals surface area contributed by atoms with E-state index in [0.29, 0.717) is 23.7 Å². The molecule has 12 heteroatoms. The molecular weight excluding hydrogens is 522 g/mol. The zero-order valence-corrected chi connectivity index (χ0v) is 24.6. The van der Waals surface area contributed by atoms with Gasteiger partial charge in [0, 0.05) is 64.3 Å². The number of aromatic nitrogens is 3. The van der Waals surface area contributed by atoms with Gasteiger partial charge in [0.1, 0.15) is 5.75 Å². The van der Waals surface area contributed by atoms with E-state index in [1.54, 1.807) is 24.7 Å². The van der Waals surface area contributed by atoms with Crippen molar-refractivity contribution in [3.63, 3.8) is 0 Å². The smallest absolute Gasteiger partial charge is 0.409 e. The maximum absolute atomic E-state index is 13.1. The molecule has 2 amide bonds. The Morgan fingerprint density at radius 3 is 2.39 bits per heavy atom. The second-order valence-electron chi connectivity index (χ2n) is 11.0. The van der Waals surface area contributed by atoms with Gasteiger partial charge in [0.15, 0.2) is 5.82 Å². The summed E-state index contributed by atoms with van der Waals surface area (Å²) >= 11 is 0. The summed E-state index contributed by atoms with van der Waals surface area (Å²) in [5, 5.41) is 11.6. The number of carbonyl (C=O) groups is 2. The molecule has 1 atom stereocenters. The number of likely N-dealkylation sites (N-methyl/N-ethyl adjacent to an activating group) is 1. The molecule has 41 heavy (non-hydrogen) atoms. The number of hydrogen-bond donors (Lipinski definition) is 3. The predicted octanol–water partition coefficient (Wildman–Crippen LogP) is 3.12. The number of hydrogen-bond acceptors (Lipinski definition) is 9. The number of nitrogens with zero attached hydrogens (tertiary/aromatic N) is 6. The fraction of sp³-hybridized carbons (Fsp3) is 0.448. The maximum Gasteiger partial charge on any atom is 0.414 e. The van der Waals surface area contributed by atoms with Gasteiger partial charge in [-0.15, -0.1) is 10.2 Å². The first kappa shape index (κ1) is 28.4. The van der Waals surface area contributed by atoms with Gasteiger partial charge in [0.2, 0.25) is 5.82 Å². The summed E-state index contributed by atoms with van der Waals surface area (Å²) in [6.07, 6.45) is -0.524. The molecule has 1 saturated heterocycles. The molecule has 3 N–H and O–H groups in total. The minimum atomic E-state index is -0.524. The Bertz CT molecular complexity index is 1410. The van der Waals surface area contributed by atoms with E-state index >= 15 is 0 Å². The third-order valence-corrected chi connectivity index (χ3v) is 7.50. The van der Waals surface area contributed by atoms with E-state index in [1.165, 1.54) is 4.90 Å². The number of anilines is 2. The monoisotopic (exact) mass is 561 g/mol. The molecule has 5 rings (SSSR count). The lowest BCUT2D eigenvalue weighted by Gasteiger charge is -2.34. The van der Waals surface area contributed by atoms with Crippen molar-refractivity contribution in [2.45, 2.75) is 26.8 Å². The van der Waals surface area contributed by atoms with Crippen molar-refractivity contribution in [3.8, 4) is 22.8 Å². The third-order valence-electron chi connectivity index (χ3n) is 7.50. The summed E-state index contributed by atoms with van der Waals surface area (Å²) < 4.78 is 7.55. The molecule has 3 aromatic rings. The van der Waals surface area contributed by atoms with Crippen LogP contribution in [0.4, 0.5) is 16.2 Å². The van der Waals surface area contributed by atoms with E-state index in [1.807, 2.05) is 25.1 Å². The normalized spacial score (nSPS) is 16.9. The second kappa shape index (κ2) is 11.8. The van der Waals surface area contributed by atoms with Crippen molar-refractivity contribution in [1.29, 1.82) is 0 Å². The van der Waals surface area contributed by atoms with Crippen molar-refractivity contribution in [1.82, 2.24) is 35.3 Å². The minimum absolute atomic E-state index is 0.0319. The molecule has 1 unspecified atom stereocenters. The highest BCUT2D eigenvalue weighted by molar-refractivity contribution is 5.92. The third kappa shape index (κ3) is 5.70. The van der Waals surface area contributed by atoms with Gasteiger partial charge < -0.3 is 30.2 Å². The van der Waals surface area contributed by atoms with Crippen LogP contribution in [0.25, 0.3) is 17.1 Å². The van der Waals surface area contributed by atoms with Gasteiger partial charge in [-0.1, -0.05) is 13.8 Å². The number of fused-ring (bicyclic) bond motifs is 1.